The fourth-order valence-electron chi connectivity index (χ4n) is 1.78. The van der Waals surface area contributed by atoms with Gasteiger partial charge >= 0.3 is 0 Å². The number of unbranched alkanes of at least 4 members (excludes halogenated alkanes) is 2. The van der Waals surface area contributed by atoms with Crippen molar-refractivity contribution in [3.8, 4) is 11.5 Å². The summed E-state index contributed by atoms with van der Waals surface area (Å²) in [5.41, 5.74) is 0.932. The number of ketones is 1. The summed E-state index contributed by atoms with van der Waals surface area (Å²) in [6.45, 7) is 2.13. The van der Waals surface area contributed by atoms with Crippen LogP contribution in [0.1, 0.15) is 38.2 Å². The van der Waals surface area contributed by atoms with E-state index in [1.54, 1.807) is 20.3 Å². The van der Waals surface area contributed by atoms with Crippen molar-refractivity contribution < 1.29 is 14.3 Å². The molecule has 1 aromatic rings. The molecule has 0 amide bonds. The van der Waals surface area contributed by atoms with Gasteiger partial charge in [-0.3, -0.25) is 4.79 Å². The minimum atomic E-state index is 0.170. The highest BCUT2D eigenvalue weighted by Crippen LogP contribution is 2.27. The molecule has 0 aromatic heterocycles. The van der Waals surface area contributed by atoms with Crippen LogP contribution in [-0.4, -0.2) is 20.0 Å². The minimum Gasteiger partial charge on any atom is -0.493 e. The Bertz CT molecular complexity index is 436. The van der Waals surface area contributed by atoms with E-state index >= 15 is 0 Å². The van der Waals surface area contributed by atoms with E-state index < -0.39 is 0 Å². The maximum absolute atomic E-state index is 11.6. The van der Waals surface area contributed by atoms with E-state index in [9.17, 15) is 4.79 Å². The molecule has 0 aliphatic rings. The summed E-state index contributed by atoms with van der Waals surface area (Å²) in [4.78, 5) is 11.6. The molecule has 3 nitrogen and oxygen atoms in total. The van der Waals surface area contributed by atoms with Crippen LogP contribution in [0.15, 0.2) is 24.3 Å². The number of benzene rings is 1. The van der Waals surface area contributed by atoms with Crippen LogP contribution in [-0.2, 0) is 4.79 Å². The number of ether oxygens (including phenoxy) is 2. The molecule has 0 unspecified atom stereocenters. The summed E-state index contributed by atoms with van der Waals surface area (Å²) in [6, 6.07) is 5.59. The lowest BCUT2D eigenvalue weighted by atomic mass is 10.1. The minimum absolute atomic E-state index is 0.170. The normalized spacial score (nSPS) is 10.7. The summed E-state index contributed by atoms with van der Waals surface area (Å²) in [6.07, 6.45) is 7.28. The number of allylic oxidation sites excluding steroid dienone is 1. The van der Waals surface area contributed by atoms with Crippen molar-refractivity contribution in [2.75, 3.05) is 14.2 Å². The van der Waals surface area contributed by atoms with Gasteiger partial charge in [-0.2, -0.15) is 0 Å². The number of carbonyl (C=O) groups is 1. The molecule has 19 heavy (non-hydrogen) atoms. The monoisotopic (exact) mass is 262 g/mol. The molecule has 0 atom stereocenters. The van der Waals surface area contributed by atoms with Gasteiger partial charge in [0.2, 0.25) is 0 Å². The molecule has 0 fully saturated rings. The van der Waals surface area contributed by atoms with Crippen molar-refractivity contribution in [1.82, 2.24) is 0 Å². The third-order valence-corrected chi connectivity index (χ3v) is 2.90. The quantitative estimate of drug-likeness (QED) is 0.527. The third-order valence-electron chi connectivity index (χ3n) is 2.90. The van der Waals surface area contributed by atoms with Gasteiger partial charge in [-0.15, -0.1) is 0 Å². The van der Waals surface area contributed by atoms with Gasteiger partial charge in [-0.25, -0.2) is 0 Å². The molecule has 0 N–H and O–H groups in total. The number of hydrogen-bond donors (Lipinski definition) is 0. The molecule has 0 spiro atoms. The fraction of sp³-hybridized carbons (Fsp3) is 0.438. The van der Waals surface area contributed by atoms with E-state index in [0.717, 1.165) is 24.8 Å². The average Bonchev–Trinajstić information content (AvgIpc) is 2.45. The summed E-state index contributed by atoms with van der Waals surface area (Å²) in [5, 5.41) is 0. The zero-order chi connectivity index (χ0) is 14.1. The number of rotatable bonds is 8. The summed E-state index contributed by atoms with van der Waals surface area (Å²) < 4.78 is 10.4. The molecule has 0 saturated carbocycles. The van der Waals surface area contributed by atoms with Crippen molar-refractivity contribution in [3.05, 3.63) is 29.8 Å². The first-order valence-corrected chi connectivity index (χ1v) is 6.64. The highest BCUT2D eigenvalue weighted by atomic mass is 16.5. The molecular formula is C16H22O3. The molecule has 0 radical (unpaired) electrons. The second-order valence-corrected chi connectivity index (χ2v) is 4.37. The lowest BCUT2D eigenvalue weighted by Crippen LogP contribution is -1.93. The average molecular weight is 262 g/mol. The molecule has 3 heteroatoms. The van der Waals surface area contributed by atoms with Crippen LogP contribution in [0, 0.1) is 0 Å². The van der Waals surface area contributed by atoms with Crippen molar-refractivity contribution in [2.24, 2.45) is 0 Å². The number of hydrogen-bond acceptors (Lipinski definition) is 3. The molecule has 0 saturated heterocycles. The van der Waals surface area contributed by atoms with E-state index in [1.807, 2.05) is 24.3 Å². The molecule has 0 aliphatic heterocycles. The summed E-state index contributed by atoms with van der Waals surface area (Å²) in [7, 11) is 3.20. The SMILES string of the molecule is CCCCCC(=O)/C=C/c1ccc(OC)c(OC)c1. The van der Waals surface area contributed by atoms with Crippen LogP contribution < -0.4 is 9.47 Å². The van der Waals surface area contributed by atoms with Crippen molar-refractivity contribution in [3.63, 3.8) is 0 Å². The largest absolute Gasteiger partial charge is 0.493 e. The van der Waals surface area contributed by atoms with Crippen LogP contribution in [0.3, 0.4) is 0 Å². The molecule has 0 bridgehead atoms. The Morgan fingerprint density at radius 1 is 1.16 bits per heavy atom. The first kappa shape index (κ1) is 15.3. The van der Waals surface area contributed by atoms with Gasteiger partial charge in [-0.05, 0) is 30.2 Å². The Morgan fingerprint density at radius 2 is 1.89 bits per heavy atom. The van der Waals surface area contributed by atoms with Crippen LogP contribution in [0.4, 0.5) is 0 Å². The van der Waals surface area contributed by atoms with Crippen LogP contribution in [0.25, 0.3) is 6.08 Å². The van der Waals surface area contributed by atoms with E-state index in [2.05, 4.69) is 6.92 Å². The van der Waals surface area contributed by atoms with E-state index in [-0.39, 0.29) is 5.78 Å². The van der Waals surface area contributed by atoms with Gasteiger partial charge < -0.3 is 9.47 Å². The lowest BCUT2D eigenvalue weighted by Gasteiger charge is -2.07. The van der Waals surface area contributed by atoms with Crippen molar-refractivity contribution >= 4 is 11.9 Å². The topological polar surface area (TPSA) is 35.5 Å². The second kappa shape index (κ2) is 8.35. The zero-order valence-corrected chi connectivity index (χ0v) is 11.9. The Kier molecular flexibility index (Phi) is 6.72. The smallest absolute Gasteiger partial charge is 0.161 e. The highest BCUT2D eigenvalue weighted by molar-refractivity contribution is 5.93. The van der Waals surface area contributed by atoms with Crippen molar-refractivity contribution in [2.45, 2.75) is 32.6 Å². The Balaban J connectivity index is 2.63. The van der Waals surface area contributed by atoms with Crippen LogP contribution in [0.5, 0.6) is 11.5 Å². The highest BCUT2D eigenvalue weighted by Gasteiger charge is 2.03. The third kappa shape index (κ3) is 5.16. The Hall–Kier alpha value is -1.77. The fourth-order valence-corrected chi connectivity index (χ4v) is 1.78. The predicted octanol–water partition coefficient (Wildman–Crippen LogP) is 3.87. The van der Waals surface area contributed by atoms with E-state index in [0.29, 0.717) is 17.9 Å². The molecule has 0 aliphatic carbocycles. The molecule has 1 rings (SSSR count). The maximum Gasteiger partial charge on any atom is 0.161 e. The molecular weight excluding hydrogens is 240 g/mol. The molecule has 104 valence electrons. The van der Waals surface area contributed by atoms with Gasteiger partial charge in [0, 0.05) is 6.42 Å². The summed E-state index contributed by atoms with van der Waals surface area (Å²) >= 11 is 0. The van der Waals surface area contributed by atoms with E-state index in [4.69, 9.17) is 9.47 Å². The molecule has 1 aromatic carbocycles. The first-order valence-electron chi connectivity index (χ1n) is 6.64. The lowest BCUT2D eigenvalue weighted by molar-refractivity contribution is -0.114. The van der Waals surface area contributed by atoms with Crippen molar-refractivity contribution in [1.29, 1.82) is 0 Å². The number of methoxy groups -OCH3 is 2. The van der Waals surface area contributed by atoms with Crippen LogP contribution in [0.2, 0.25) is 0 Å². The van der Waals surface area contributed by atoms with Crippen LogP contribution >= 0.6 is 0 Å². The standard InChI is InChI=1S/C16H22O3/c1-4-5-6-7-14(17)10-8-13-9-11-15(18-2)16(12-13)19-3/h8-12H,4-7H2,1-3H3/b10-8+. The van der Waals surface area contributed by atoms with Gasteiger partial charge in [0.1, 0.15) is 0 Å². The maximum atomic E-state index is 11.6. The molecule has 0 heterocycles. The number of carbonyl (C=O) groups excluding carboxylic acids is 1. The zero-order valence-electron chi connectivity index (χ0n) is 11.9. The first-order chi connectivity index (χ1) is 9.21. The Labute approximate surface area is 115 Å². The Morgan fingerprint density at radius 3 is 2.53 bits per heavy atom. The van der Waals surface area contributed by atoms with Gasteiger partial charge in [0.25, 0.3) is 0 Å². The summed E-state index contributed by atoms with van der Waals surface area (Å²) in [5.74, 6) is 1.53. The second-order valence-electron chi connectivity index (χ2n) is 4.37. The van der Waals surface area contributed by atoms with Gasteiger partial charge in [0.05, 0.1) is 14.2 Å². The predicted molar refractivity (Wildman–Crippen MR) is 77.7 cm³/mol. The van der Waals surface area contributed by atoms with Gasteiger partial charge in [-0.1, -0.05) is 31.9 Å². The van der Waals surface area contributed by atoms with E-state index in [1.165, 1.54) is 0 Å². The van der Waals surface area contributed by atoms with Gasteiger partial charge in [0.15, 0.2) is 17.3 Å².